The summed E-state index contributed by atoms with van der Waals surface area (Å²) in [6.45, 7) is 2.76. The lowest BCUT2D eigenvalue weighted by molar-refractivity contribution is 0.0697. The first kappa shape index (κ1) is 19.4. The fourth-order valence-electron chi connectivity index (χ4n) is 3.11. The summed E-state index contributed by atoms with van der Waals surface area (Å²) in [5.74, 6) is 0.322. The number of carboxylic acids is 1. The Balaban J connectivity index is 1.48. The lowest BCUT2D eigenvalue weighted by Crippen LogP contribution is -2.24. The number of nitrogens with zero attached hydrogens (tertiary/aromatic N) is 2. The molecule has 6 nitrogen and oxygen atoms in total. The summed E-state index contributed by atoms with van der Waals surface area (Å²) < 4.78 is 7.37. The normalized spacial score (nSPS) is 11.1. The summed E-state index contributed by atoms with van der Waals surface area (Å²) in [4.78, 5) is 30.5. The van der Waals surface area contributed by atoms with Gasteiger partial charge in [-0.15, -0.1) is 22.7 Å². The van der Waals surface area contributed by atoms with Crippen molar-refractivity contribution in [1.82, 2.24) is 9.55 Å². The van der Waals surface area contributed by atoms with E-state index in [9.17, 15) is 9.59 Å². The van der Waals surface area contributed by atoms with Crippen LogP contribution >= 0.6 is 22.7 Å². The van der Waals surface area contributed by atoms with E-state index in [0.717, 1.165) is 15.3 Å². The van der Waals surface area contributed by atoms with Crippen molar-refractivity contribution < 1.29 is 14.6 Å². The van der Waals surface area contributed by atoms with Gasteiger partial charge in [-0.05, 0) is 49.1 Å². The van der Waals surface area contributed by atoms with E-state index in [4.69, 9.17) is 9.84 Å². The highest BCUT2D eigenvalue weighted by atomic mass is 32.1. The lowest BCUT2D eigenvalue weighted by atomic mass is 10.2. The summed E-state index contributed by atoms with van der Waals surface area (Å²) in [6.07, 6.45) is 0.632. The van der Waals surface area contributed by atoms with Gasteiger partial charge in [0.2, 0.25) is 0 Å². The van der Waals surface area contributed by atoms with Gasteiger partial charge < -0.3 is 9.84 Å². The Hall–Kier alpha value is -2.97. The van der Waals surface area contributed by atoms with Crippen molar-refractivity contribution in [2.24, 2.45) is 0 Å². The Kier molecular flexibility index (Phi) is 5.46. The number of fused-ring (bicyclic) bond motifs is 1. The molecule has 0 aliphatic heterocycles. The molecule has 148 valence electrons. The molecule has 3 heterocycles. The maximum absolute atomic E-state index is 13.1. The number of aromatic nitrogens is 2. The zero-order chi connectivity index (χ0) is 20.4. The van der Waals surface area contributed by atoms with Gasteiger partial charge >= 0.3 is 5.97 Å². The molecule has 0 aliphatic carbocycles. The molecule has 8 heteroatoms. The molecule has 0 radical (unpaired) electrons. The van der Waals surface area contributed by atoms with Crippen molar-refractivity contribution in [2.45, 2.75) is 19.9 Å². The first-order valence-electron chi connectivity index (χ1n) is 9.03. The van der Waals surface area contributed by atoms with Crippen molar-refractivity contribution in [3.8, 4) is 16.2 Å². The number of carbonyl (C=O) groups is 1. The third-order valence-corrected chi connectivity index (χ3v) is 6.34. The number of rotatable bonds is 7. The molecular formula is C21H18N2O4S2. The second-order valence-electron chi connectivity index (χ2n) is 6.45. The van der Waals surface area contributed by atoms with Gasteiger partial charge in [-0.3, -0.25) is 9.36 Å². The van der Waals surface area contributed by atoms with Gasteiger partial charge in [0.1, 0.15) is 16.4 Å². The first-order valence-corrected chi connectivity index (χ1v) is 10.8. The van der Waals surface area contributed by atoms with Crippen LogP contribution in [-0.2, 0) is 6.54 Å². The van der Waals surface area contributed by atoms with Crippen LogP contribution in [0.15, 0.2) is 52.0 Å². The lowest BCUT2D eigenvalue weighted by Gasteiger charge is -2.11. The molecule has 0 fully saturated rings. The Morgan fingerprint density at radius 2 is 2.00 bits per heavy atom. The molecule has 0 amide bonds. The predicted molar refractivity (Wildman–Crippen MR) is 115 cm³/mol. The van der Waals surface area contributed by atoms with Crippen LogP contribution in [0.3, 0.4) is 0 Å². The molecule has 0 saturated carbocycles. The third kappa shape index (κ3) is 3.94. The van der Waals surface area contributed by atoms with Crippen molar-refractivity contribution >= 4 is 38.9 Å². The monoisotopic (exact) mass is 426 g/mol. The van der Waals surface area contributed by atoms with Crippen LogP contribution in [-0.4, -0.2) is 27.2 Å². The van der Waals surface area contributed by atoms with Gasteiger partial charge in [0.05, 0.1) is 17.6 Å². The quantitative estimate of drug-likeness (QED) is 0.435. The van der Waals surface area contributed by atoms with Crippen LogP contribution < -0.4 is 10.3 Å². The van der Waals surface area contributed by atoms with Crippen LogP contribution in [0.5, 0.6) is 5.75 Å². The zero-order valence-corrected chi connectivity index (χ0v) is 17.3. The highest BCUT2D eigenvalue weighted by molar-refractivity contribution is 7.18. The van der Waals surface area contributed by atoms with Crippen LogP contribution in [0.2, 0.25) is 0 Å². The summed E-state index contributed by atoms with van der Waals surface area (Å²) in [5.41, 5.74) is 1.14. The van der Waals surface area contributed by atoms with Crippen LogP contribution in [0.25, 0.3) is 20.7 Å². The number of aryl methyl sites for hydroxylation is 1. The highest BCUT2D eigenvalue weighted by Gasteiger charge is 2.15. The fourth-order valence-corrected chi connectivity index (χ4v) is 4.91. The van der Waals surface area contributed by atoms with Crippen LogP contribution in [0.4, 0.5) is 0 Å². The van der Waals surface area contributed by atoms with Crippen molar-refractivity contribution in [3.63, 3.8) is 0 Å². The maximum Gasteiger partial charge on any atom is 0.335 e. The predicted octanol–water partition coefficient (Wildman–Crippen LogP) is 4.66. The number of ether oxygens (including phenoxy) is 1. The Bertz CT molecular complexity index is 1210. The average Bonchev–Trinajstić information content (AvgIpc) is 3.37. The minimum atomic E-state index is -0.968. The molecule has 0 atom stereocenters. The number of hydrogen-bond donors (Lipinski definition) is 1. The van der Waals surface area contributed by atoms with Crippen LogP contribution in [0, 0.1) is 6.92 Å². The molecule has 0 spiro atoms. The number of thiophene rings is 2. The Morgan fingerprint density at radius 1 is 1.21 bits per heavy atom. The summed E-state index contributed by atoms with van der Waals surface area (Å²) in [7, 11) is 0. The van der Waals surface area contributed by atoms with E-state index >= 15 is 0 Å². The number of carboxylic acid groups (broad SMARTS) is 1. The largest absolute Gasteiger partial charge is 0.494 e. The summed E-state index contributed by atoms with van der Waals surface area (Å²) >= 11 is 3.10. The first-order chi connectivity index (χ1) is 14.0. The topological polar surface area (TPSA) is 81.4 Å². The molecule has 4 rings (SSSR count). The van der Waals surface area contributed by atoms with E-state index in [-0.39, 0.29) is 11.1 Å². The number of benzene rings is 1. The highest BCUT2D eigenvalue weighted by Crippen LogP contribution is 2.33. The van der Waals surface area contributed by atoms with Gasteiger partial charge in [-0.1, -0.05) is 6.07 Å². The van der Waals surface area contributed by atoms with Crippen LogP contribution in [0.1, 0.15) is 22.6 Å². The molecule has 0 aliphatic rings. The average molecular weight is 427 g/mol. The maximum atomic E-state index is 13.1. The number of hydrogen-bond acceptors (Lipinski definition) is 6. The van der Waals surface area contributed by atoms with Gasteiger partial charge in [0, 0.05) is 22.4 Å². The molecule has 29 heavy (non-hydrogen) atoms. The van der Waals surface area contributed by atoms with E-state index in [1.165, 1.54) is 23.5 Å². The molecular weight excluding hydrogens is 408 g/mol. The van der Waals surface area contributed by atoms with E-state index < -0.39 is 5.97 Å². The Labute approximate surface area is 174 Å². The summed E-state index contributed by atoms with van der Waals surface area (Å²) in [6, 6.07) is 10.3. The molecule has 0 unspecified atom stereocenters. The minimum Gasteiger partial charge on any atom is -0.494 e. The van der Waals surface area contributed by atoms with Crippen molar-refractivity contribution in [3.05, 3.63) is 68.9 Å². The third-order valence-electron chi connectivity index (χ3n) is 4.57. The van der Waals surface area contributed by atoms with E-state index in [1.54, 1.807) is 28.0 Å². The Morgan fingerprint density at radius 3 is 2.69 bits per heavy atom. The van der Waals surface area contributed by atoms with Gasteiger partial charge in [-0.25, -0.2) is 9.78 Å². The zero-order valence-electron chi connectivity index (χ0n) is 15.6. The fraction of sp³-hybridized carbons (Fsp3) is 0.190. The van der Waals surface area contributed by atoms with Gasteiger partial charge in [-0.2, -0.15) is 0 Å². The molecule has 0 saturated heterocycles. The van der Waals surface area contributed by atoms with Crippen molar-refractivity contribution in [2.75, 3.05) is 6.61 Å². The molecule has 0 bridgehead atoms. The van der Waals surface area contributed by atoms with Gasteiger partial charge in [0.15, 0.2) is 0 Å². The van der Waals surface area contributed by atoms with E-state index in [0.29, 0.717) is 36.5 Å². The van der Waals surface area contributed by atoms with Gasteiger partial charge in [0.25, 0.3) is 5.56 Å². The molecule has 1 aromatic carbocycles. The van der Waals surface area contributed by atoms with Crippen molar-refractivity contribution in [1.29, 1.82) is 0 Å². The molecule has 4 aromatic rings. The molecule has 3 aromatic heterocycles. The standard InChI is InChI=1S/C21H18N2O4S2/c1-13-22-19-18(16(12-29-19)17-4-2-11-28-17)20(24)23(13)9-3-10-27-15-7-5-14(6-8-15)21(25)26/h2,4-8,11-12H,3,9-10H2,1H3,(H,25,26). The number of aromatic carboxylic acids is 1. The second-order valence-corrected chi connectivity index (χ2v) is 8.26. The van der Waals surface area contributed by atoms with E-state index in [2.05, 4.69) is 4.98 Å². The van der Waals surface area contributed by atoms with E-state index in [1.807, 2.05) is 29.8 Å². The second kappa shape index (κ2) is 8.18. The minimum absolute atomic E-state index is 0.0250. The summed E-state index contributed by atoms with van der Waals surface area (Å²) in [5, 5.41) is 13.6. The smallest absolute Gasteiger partial charge is 0.335 e. The SMILES string of the molecule is Cc1nc2scc(-c3cccs3)c2c(=O)n1CCCOc1ccc(C(=O)O)cc1. The molecule has 1 N–H and O–H groups in total.